The van der Waals surface area contributed by atoms with E-state index in [2.05, 4.69) is 4.57 Å². The van der Waals surface area contributed by atoms with E-state index >= 15 is 0 Å². The molecule has 38 heavy (non-hydrogen) atoms. The Kier molecular flexibility index (Phi) is 9.65. The molecule has 0 spiro atoms. The molecule has 1 aliphatic carbocycles. The summed E-state index contributed by atoms with van der Waals surface area (Å²) in [6.07, 6.45) is 7.09. The van der Waals surface area contributed by atoms with Crippen LogP contribution >= 0.6 is 0 Å². The summed E-state index contributed by atoms with van der Waals surface area (Å²) >= 11 is 0. The lowest BCUT2D eigenvalue weighted by Crippen LogP contribution is -2.48. The van der Waals surface area contributed by atoms with E-state index in [1.54, 1.807) is 19.2 Å². The van der Waals surface area contributed by atoms with Crippen LogP contribution < -0.4 is 0 Å². The van der Waals surface area contributed by atoms with E-state index in [1.165, 1.54) is 41.3 Å². The zero-order valence-corrected chi connectivity index (χ0v) is 21.8. The molecule has 6 nitrogen and oxygen atoms in total. The Morgan fingerprint density at radius 1 is 0.947 bits per heavy atom. The fraction of sp³-hybridized carbons (Fsp3) is 0.400. The summed E-state index contributed by atoms with van der Waals surface area (Å²) < 4.78 is 34.1. The van der Waals surface area contributed by atoms with Gasteiger partial charge in [0.05, 0.1) is 13.2 Å². The third-order valence-corrected chi connectivity index (χ3v) is 7.13. The van der Waals surface area contributed by atoms with Crippen molar-refractivity contribution in [1.82, 2.24) is 14.4 Å². The summed E-state index contributed by atoms with van der Waals surface area (Å²) in [5, 5.41) is 0. The van der Waals surface area contributed by atoms with Gasteiger partial charge in [-0.1, -0.05) is 31.4 Å². The highest BCUT2D eigenvalue weighted by Gasteiger charge is 2.29. The Hall–Kier alpha value is -3.52. The predicted octanol–water partition coefficient (Wildman–Crippen LogP) is 5.26. The average molecular weight is 524 g/mol. The topological polar surface area (TPSA) is 54.8 Å². The lowest BCUT2D eigenvalue weighted by Gasteiger charge is -2.36. The van der Waals surface area contributed by atoms with E-state index in [-0.39, 0.29) is 43.4 Å². The van der Waals surface area contributed by atoms with E-state index in [0.717, 1.165) is 43.4 Å². The van der Waals surface area contributed by atoms with Gasteiger partial charge in [0.15, 0.2) is 0 Å². The van der Waals surface area contributed by atoms with Crippen LogP contribution in [0.4, 0.5) is 8.78 Å². The van der Waals surface area contributed by atoms with Crippen LogP contribution in [0.15, 0.2) is 66.9 Å². The third-order valence-electron chi connectivity index (χ3n) is 7.13. The number of rotatable bonds is 11. The molecule has 0 unspecified atom stereocenters. The number of aromatic nitrogens is 1. The van der Waals surface area contributed by atoms with Crippen LogP contribution in [0.5, 0.6) is 0 Å². The van der Waals surface area contributed by atoms with Gasteiger partial charge >= 0.3 is 0 Å². The molecule has 1 saturated carbocycles. The number of methoxy groups -OCH3 is 1. The standard InChI is InChI=1S/C30H35F2N3O3/c1-38-19-18-34(30(37)24-11-15-26(32)16-12-24)22-29(36)35(27-6-3-2-4-7-27)21-28-8-5-17-33(28)20-23-9-13-25(31)14-10-23/h5,8-17,27H,2-4,6-7,18-22H2,1H3. The Labute approximate surface area is 222 Å². The first-order valence-electron chi connectivity index (χ1n) is 13.2. The van der Waals surface area contributed by atoms with Crippen LogP contribution in [0.25, 0.3) is 0 Å². The van der Waals surface area contributed by atoms with E-state index < -0.39 is 5.82 Å². The molecular formula is C30H35F2N3O3. The maximum atomic E-state index is 13.8. The summed E-state index contributed by atoms with van der Waals surface area (Å²) in [6, 6.07) is 15.8. The number of hydrogen-bond acceptors (Lipinski definition) is 3. The SMILES string of the molecule is COCCN(CC(=O)N(Cc1cccn1Cc1ccc(F)cc1)C1CCCCC1)C(=O)c1ccc(F)cc1. The number of hydrogen-bond donors (Lipinski definition) is 0. The number of carbonyl (C=O) groups excluding carboxylic acids is 2. The maximum Gasteiger partial charge on any atom is 0.254 e. The van der Waals surface area contributed by atoms with Crippen molar-refractivity contribution in [1.29, 1.82) is 0 Å². The van der Waals surface area contributed by atoms with Gasteiger partial charge in [-0.2, -0.15) is 0 Å². The minimum absolute atomic E-state index is 0.0886. The summed E-state index contributed by atoms with van der Waals surface area (Å²) in [5.74, 6) is -1.16. The molecule has 0 atom stereocenters. The van der Waals surface area contributed by atoms with Crippen LogP contribution in [0.3, 0.4) is 0 Å². The molecule has 0 N–H and O–H groups in total. The highest BCUT2D eigenvalue weighted by Crippen LogP contribution is 2.25. The van der Waals surface area contributed by atoms with Crippen molar-refractivity contribution in [2.24, 2.45) is 0 Å². The Balaban J connectivity index is 1.54. The van der Waals surface area contributed by atoms with Gasteiger partial charge in [-0.05, 0) is 66.9 Å². The highest BCUT2D eigenvalue weighted by atomic mass is 19.1. The fourth-order valence-corrected chi connectivity index (χ4v) is 5.00. The first-order chi connectivity index (χ1) is 18.4. The second kappa shape index (κ2) is 13.3. The Bertz CT molecular complexity index is 1190. The van der Waals surface area contributed by atoms with Crippen molar-refractivity contribution in [2.75, 3.05) is 26.8 Å². The van der Waals surface area contributed by atoms with Gasteiger partial charge in [-0.25, -0.2) is 8.78 Å². The molecule has 0 bridgehead atoms. The van der Waals surface area contributed by atoms with Gasteiger partial charge in [0, 0.05) is 43.7 Å². The van der Waals surface area contributed by atoms with Gasteiger partial charge in [0.1, 0.15) is 18.2 Å². The van der Waals surface area contributed by atoms with Gasteiger partial charge in [0.2, 0.25) is 5.91 Å². The first kappa shape index (κ1) is 27.5. The molecule has 3 aromatic rings. The van der Waals surface area contributed by atoms with Gasteiger partial charge in [-0.15, -0.1) is 0 Å². The summed E-state index contributed by atoms with van der Waals surface area (Å²) in [4.78, 5) is 30.4. The number of nitrogens with zero attached hydrogens (tertiary/aromatic N) is 3. The number of carbonyl (C=O) groups is 2. The summed E-state index contributed by atoms with van der Waals surface area (Å²) in [5.41, 5.74) is 2.27. The second-order valence-electron chi connectivity index (χ2n) is 9.79. The third kappa shape index (κ3) is 7.28. The molecule has 1 heterocycles. The van der Waals surface area contributed by atoms with Crippen molar-refractivity contribution in [2.45, 2.75) is 51.2 Å². The number of halogens is 2. The summed E-state index contributed by atoms with van der Waals surface area (Å²) in [6.45, 7) is 1.43. The Morgan fingerprint density at radius 3 is 2.26 bits per heavy atom. The van der Waals surface area contributed by atoms with Crippen LogP contribution in [0, 0.1) is 11.6 Å². The molecular weight excluding hydrogens is 488 g/mol. The molecule has 2 amide bonds. The van der Waals surface area contributed by atoms with Gasteiger partial charge in [0.25, 0.3) is 5.91 Å². The van der Waals surface area contributed by atoms with Crippen molar-refractivity contribution in [3.8, 4) is 0 Å². The maximum absolute atomic E-state index is 13.8. The quantitative estimate of drug-likeness (QED) is 0.344. The van der Waals surface area contributed by atoms with Gasteiger partial charge in [-0.3, -0.25) is 9.59 Å². The zero-order valence-electron chi connectivity index (χ0n) is 21.8. The molecule has 8 heteroatoms. The van der Waals surface area contributed by atoms with Gasteiger partial charge < -0.3 is 19.1 Å². The van der Waals surface area contributed by atoms with Crippen molar-refractivity contribution < 1.29 is 23.1 Å². The number of ether oxygens (including phenoxy) is 1. The largest absolute Gasteiger partial charge is 0.383 e. The Morgan fingerprint density at radius 2 is 1.61 bits per heavy atom. The molecule has 202 valence electrons. The highest BCUT2D eigenvalue weighted by molar-refractivity contribution is 5.96. The van der Waals surface area contributed by atoms with E-state index in [9.17, 15) is 18.4 Å². The molecule has 4 rings (SSSR count). The first-order valence-corrected chi connectivity index (χ1v) is 13.2. The molecule has 1 aliphatic rings. The van der Waals surface area contributed by atoms with E-state index in [4.69, 9.17) is 4.74 Å². The zero-order chi connectivity index (χ0) is 26.9. The lowest BCUT2D eigenvalue weighted by molar-refractivity contribution is -0.136. The smallest absolute Gasteiger partial charge is 0.254 e. The molecule has 0 radical (unpaired) electrons. The van der Waals surface area contributed by atoms with Crippen molar-refractivity contribution in [3.05, 3.63) is 95.3 Å². The van der Waals surface area contributed by atoms with E-state index in [0.29, 0.717) is 18.7 Å². The molecule has 1 fully saturated rings. The fourth-order valence-electron chi connectivity index (χ4n) is 5.00. The van der Waals surface area contributed by atoms with Crippen molar-refractivity contribution >= 4 is 11.8 Å². The monoisotopic (exact) mass is 523 g/mol. The van der Waals surface area contributed by atoms with Crippen LogP contribution in [-0.2, 0) is 22.6 Å². The number of benzene rings is 2. The predicted molar refractivity (Wildman–Crippen MR) is 142 cm³/mol. The average Bonchev–Trinajstić information content (AvgIpc) is 3.37. The lowest BCUT2D eigenvalue weighted by atomic mass is 9.94. The molecule has 1 aromatic heterocycles. The van der Waals surface area contributed by atoms with E-state index in [1.807, 2.05) is 23.2 Å². The molecule has 0 aliphatic heterocycles. The second-order valence-corrected chi connectivity index (χ2v) is 9.79. The number of amides is 2. The minimum Gasteiger partial charge on any atom is -0.383 e. The summed E-state index contributed by atoms with van der Waals surface area (Å²) in [7, 11) is 1.55. The molecule has 2 aromatic carbocycles. The van der Waals surface area contributed by atoms with Crippen molar-refractivity contribution in [3.63, 3.8) is 0 Å². The van der Waals surface area contributed by atoms with Crippen LogP contribution in [-0.4, -0.2) is 59.0 Å². The van der Waals surface area contributed by atoms with Crippen LogP contribution in [0.1, 0.15) is 53.7 Å². The minimum atomic E-state index is -0.423. The normalized spacial score (nSPS) is 13.9. The van der Waals surface area contributed by atoms with Crippen LogP contribution in [0.2, 0.25) is 0 Å². The molecule has 0 saturated heterocycles.